The van der Waals surface area contributed by atoms with Crippen LogP contribution in [0.1, 0.15) is 11.8 Å². The number of carbonyl (C=O) groups is 1. The van der Waals surface area contributed by atoms with Gasteiger partial charge in [-0.05, 0) is 42.6 Å². The molecule has 26 heavy (non-hydrogen) atoms. The maximum atomic E-state index is 13.0. The maximum absolute atomic E-state index is 13.0. The van der Waals surface area contributed by atoms with E-state index in [-0.39, 0.29) is 11.2 Å². The standard InChI is InChI=1S/C18H14ClN3O2S2/c1-11(10-20)26-18-21-15(9-13-4-3-7-25-13)17(23)22(18)12-5-6-16(24-2)14(19)8-12/h3-9,11H,1-2H3/b15-9+. The molecule has 2 aromatic rings. The van der Waals surface area contributed by atoms with E-state index in [4.69, 9.17) is 21.6 Å². The molecular weight excluding hydrogens is 390 g/mol. The molecule has 1 aliphatic rings. The molecule has 1 aromatic carbocycles. The molecule has 0 spiro atoms. The van der Waals surface area contributed by atoms with Crippen LogP contribution >= 0.6 is 34.7 Å². The first-order chi connectivity index (χ1) is 12.5. The minimum atomic E-state index is -0.348. The average molecular weight is 404 g/mol. The van der Waals surface area contributed by atoms with Gasteiger partial charge in [0.1, 0.15) is 11.4 Å². The number of nitrogens with zero attached hydrogens (tertiary/aromatic N) is 3. The second-order valence-corrected chi connectivity index (χ2v) is 7.98. The fourth-order valence-corrected chi connectivity index (χ4v) is 4.01. The summed E-state index contributed by atoms with van der Waals surface area (Å²) in [4.78, 5) is 19.8. The van der Waals surface area contributed by atoms with Gasteiger partial charge in [-0.3, -0.25) is 9.69 Å². The number of methoxy groups -OCH3 is 1. The molecule has 1 amide bonds. The molecule has 0 saturated carbocycles. The van der Waals surface area contributed by atoms with Crippen molar-refractivity contribution in [3.63, 3.8) is 0 Å². The molecule has 5 nitrogen and oxygen atoms in total. The van der Waals surface area contributed by atoms with Gasteiger partial charge in [0.25, 0.3) is 5.91 Å². The molecular formula is C18H14ClN3O2S2. The van der Waals surface area contributed by atoms with E-state index in [2.05, 4.69) is 11.1 Å². The summed E-state index contributed by atoms with van der Waals surface area (Å²) in [5, 5.41) is 11.6. The number of anilines is 1. The summed E-state index contributed by atoms with van der Waals surface area (Å²) in [6.07, 6.45) is 1.75. The van der Waals surface area contributed by atoms with Crippen LogP contribution in [0.25, 0.3) is 6.08 Å². The SMILES string of the molecule is COc1ccc(N2C(=O)/C(=C\c3cccs3)N=C2SC(C)C#N)cc1Cl. The second-order valence-electron chi connectivity index (χ2n) is 5.29. The Hall–Kier alpha value is -2.27. The molecule has 0 N–H and O–H groups in total. The normalized spacial score (nSPS) is 16.5. The topological polar surface area (TPSA) is 65.7 Å². The van der Waals surface area contributed by atoms with E-state index in [1.807, 2.05) is 17.5 Å². The molecule has 3 rings (SSSR count). The fraction of sp³-hybridized carbons (Fsp3) is 0.167. The lowest BCUT2D eigenvalue weighted by Gasteiger charge is -2.19. The minimum absolute atomic E-state index is 0.257. The van der Waals surface area contributed by atoms with Gasteiger partial charge in [-0.15, -0.1) is 11.3 Å². The average Bonchev–Trinajstić information content (AvgIpc) is 3.24. The summed E-state index contributed by atoms with van der Waals surface area (Å²) in [5.41, 5.74) is 0.902. The van der Waals surface area contributed by atoms with E-state index in [1.165, 1.54) is 35.1 Å². The molecule has 1 aromatic heterocycles. The number of halogens is 1. The third-order valence-electron chi connectivity index (χ3n) is 3.51. The van der Waals surface area contributed by atoms with Crippen LogP contribution in [-0.4, -0.2) is 23.4 Å². The number of amides is 1. The number of aliphatic imine (C=N–C) groups is 1. The zero-order chi connectivity index (χ0) is 18.7. The number of thioether (sulfide) groups is 1. The van der Waals surface area contributed by atoms with Gasteiger partial charge < -0.3 is 4.74 Å². The molecule has 0 fully saturated rings. The summed E-state index contributed by atoms with van der Waals surface area (Å²) in [5.74, 6) is 0.264. The van der Waals surface area contributed by atoms with Gasteiger partial charge in [-0.25, -0.2) is 4.99 Å². The lowest BCUT2D eigenvalue weighted by atomic mass is 10.2. The second kappa shape index (κ2) is 7.96. The molecule has 1 aliphatic heterocycles. The molecule has 1 unspecified atom stereocenters. The van der Waals surface area contributed by atoms with E-state index < -0.39 is 0 Å². The van der Waals surface area contributed by atoms with Crippen molar-refractivity contribution >= 4 is 57.5 Å². The first kappa shape index (κ1) is 18.5. The van der Waals surface area contributed by atoms with E-state index in [9.17, 15) is 4.79 Å². The molecule has 1 atom stereocenters. The predicted molar refractivity (Wildman–Crippen MR) is 108 cm³/mol. The van der Waals surface area contributed by atoms with Gasteiger partial charge in [0.2, 0.25) is 0 Å². The van der Waals surface area contributed by atoms with E-state index in [1.54, 1.807) is 31.2 Å². The van der Waals surface area contributed by atoms with Gasteiger partial charge in [0.05, 0.1) is 29.1 Å². The molecule has 8 heteroatoms. The molecule has 0 saturated heterocycles. The van der Waals surface area contributed by atoms with Crippen LogP contribution in [0.15, 0.2) is 46.4 Å². The van der Waals surface area contributed by atoms with Crippen molar-refractivity contribution in [3.8, 4) is 11.8 Å². The summed E-state index contributed by atoms with van der Waals surface area (Å²) >= 11 is 8.96. The Labute approximate surface area is 164 Å². The first-order valence-electron chi connectivity index (χ1n) is 7.61. The highest BCUT2D eigenvalue weighted by Crippen LogP contribution is 2.35. The van der Waals surface area contributed by atoms with Crippen LogP contribution in [-0.2, 0) is 4.79 Å². The number of amidine groups is 1. The minimum Gasteiger partial charge on any atom is -0.495 e. The number of nitriles is 1. The lowest BCUT2D eigenvalue weighted by Crippen LogP contribution is -2.31. The van der Waals surface area contributed by atoms with Crippen molar-refractivity contribution in [2.24, 2.45) is 4.99 Å². The molecule has 132 valence electrons. The summed E-state index contributed by atoms with van der Waals surface area (Å²) in [6.45, 7) is 1.76. The van der Waals surface area contributed by atoms with Crippen molar-refractivity contribution in [2.75, 3.05) is 12.0 Å². The van der Waals surface area contributed by atoms with Crippen molar-refractivity contribution < 1.29 is 9.53 Å². The Morgan fingerprint density at radius 1 is 1.46 bits per heavy atom. The Bertz CT molecular complexity index is 932. The van der Waals surface area contributed by atoms with Crippen LogP contribution in [0.4, 0.5) is 5.69 Å². The largest absolute Gasteiger partial charge is 0.495 e. The van der Waals surface area contributed by atoms with E-state index in [0.717, 1.165) is 4.88 Å². The third-order valence-corrected chi connectivity index (χ3v) is 5.57. The monoisotopic (exact) mass is 403 g/mol. The predicted octanol–water partition coefficient (Wildman–Crippen LogP) is 4.80. The van der Waals surface area contributed by atoms with Crippen LogP contribution in [0, 0.1) is 11.3 Å². The van der Waals surface area contributed by atoms with Crippen LogP contribution in [0.2, 0.25) is 5.02 Å². The van der Waals surface area contributed by atoms with E-state index >= 15 is 0 Å². The quantitative estimate of drug-likeness (QED) is 0.688. The lowest BCUT2D eigenvalue weighted by molar-refractivity contribution is -0.113. The molecule has 0 radical (unpaired) electrons. The molecule has 2 heterocycles. The van der Waals surface area contributed by atoms with Gasteiger partial charge >= 0.3 is 0 Å². The number of carbonyl (C=O) groups excluding carboxylic acids is 1. The van der Waals surface area contributed by atoms with Crippen molar-refractivity contribution in [1.29, 1.82) is 5.26 Å². The summed E-state index contributed by atoms with van der Waals surface area (Å²) in [7, 11) is 1.53. The van der Waals surface area contributed by atoms with Gasteiger partial charge in [-0.2, -0.15) is 5.26 Å². The van der Waals surface area contributed by atoms with E-state index in [0.29, 0.717) is 27.3 Å². The number of benzene rings is 1. The number of ether oxygens (including phenoxy) is 1. The zero-order valence-corrected chi connectivity index (χ0v) is 16.4. The van der Waals surface area contributed by atoms with Crippen molar-refractivity contribution in [1.82, 2.24) is 0 Å². The third kappa shape index (κ3) is 3.78. The molecule has 0 bridgehead atoms. The van der Waals surface area contributed by atoms with Crippen LogP contribution < -0.4 is 9.64 Å². The van der Waals surface area contributed by atoms with Gasteiger partial charge in [0, 0.05) is 4.88 Å². The smallest absolute Gasteiger partial charge is 0.283 e. The highest BCUT2D eigenvalue weighted by molar-refractivity contribution is 8.15. The summed E-state index contributed by atoms with van der Waals surface area (Å²) in [6, 6.07) is 11.1. The van der Waals surface area contributed by atoms with Crippen LogP contribution in [0.3, 0.4) is 0 Å². The number of hydrogen-bond acceptors (Lipinski definition) is 6. The number of rotatable bonds is 4. The summed E-state index contributed by atoms with van der Waals surface area (Å²) < 4.78 is 5.17. The van der Waals surface area contributed by atoms with Gasteiger partial charge in [0.15, 0.2) is 5.17 Å². The van der Waals surface area contributed by atoms with Gasteiger partial charge in [-0.1, -0.05) is 29.4 Å². The first-order valence-corrected chi connectivity index (χ1v) is 9.75. The fourth-order valence-electron chi connectivity index (χ4n) is 2.29. The highest BCUT2D eigenvalue weighted by Gasteiger charge is 2.33. The Morgan fingerprint density at radius 2 is 2.27 bits per heavy atom. The maximum Gasteiger partial charge on any atom is 0.283 e. The van der Waals surface area contributed by atoms with Crippen LogP contribution in [0.5, 0.6) is 5.75 Å². The Kier molecular flexibility index (Phi) is 5.67. The Morgan fingerprint density at radius 3 is 2.88 bits per heavy atom. The zero-order valence-electron chi connectivity index (χ0n) is 14.0. The number of thiophene rings is 1. The number of hydrogen-bond donors (Lipinski definition) is 0. The van der Waals surface area contributed by atoms with Crippen molar-refractivity contribution in [2.45, 2.75) is 12.2 Å². The molecule has 0 aliphatic carbocycles. The van der Waals surface area contributed by atoms with Crippen molar-refractivity contribution in [3.05, 3.63) is 51.3 Å². The Balaban J connectivity index is 2.01. The highest BCUT2D eigenvalue weighted by atomic mass is 35.5.